The van der Waals surface area contributed by atoms with Crippen LogP contribution in [0.3, 0.4) is 0 Å². The van der Waals surface area contributed by atoms with Crippen molar-refractivity contribution in [1.29, 1.82) is 0 Å². The smallest absolute Gasteiger partial charge is 0.217 e. The van der Waals surface area contributed by atoms with Crippen molar-refractivity contribution in [1.82, 2.24) is 5.32 Å². The molecule has 0 fully saturated rings. The number of allylic oxidation sites excluding steroid dienone is 2. The van der Waals surface area contributed by atoms with Crippen LogP contribution < -0.4 is 5.32 Å². The van der Waals surface area contributed by atoms with Crippen molar-refractivity contribution in [2.24, 2.45) is 4.99 Å². The van der Waals surface area contributed by atoms with Crippen LogP contribution in [-0.4, -0.2) is 48.9 Å². The normalized spacial score (nSPS) is 18.4. The first kappa shape index (κ1) is 28.9. The van der Waals surface area contributed by atoms with Crippen molar-refractivity contribution >= 4 is 11.7 Å². The minimum atomic E-state index is 0.0715. The van der Waals surface area contributed by atoms with Crippen LogP contribution in [0.4, 0.5) is 0 Å². The zero-order valence-corrected chi connectivity index (χ0v) is 21.8. The Labute approximate surface area is 199 Å². The van der Waals surface area contributed by atoms with Gasteiger partial charge in [0.1, 0.15) is 13.1 Å². The first-order valence-electron chi connectivity index (χ1n) is 13.9. The molecule has 0 spiro atoms. The highest BCUT2D eigenvalue weighted by molar-refractivity contribution is 5.77. The fraction of sp³-hybridized carbons (Fsp3) is 0.857. The summed E-state index contributed by atoms with van der Waals surface area (Å²) in [5, 5.41) is 2.97. The number of aliphatic imine (C=N–C) groups is 1. The number of rotatable bonds is 21. The predicted molar refractivity (Wildman–Crippen MR) is 140 cm³/mol. The van der Waals surface area contributed by atoms with Crippen LogP contribution >= 0.6 is 0 Å². The van der Waals surface area contributed by atoms with Gasteiger partial charge in [-0.15, -0.1) is 0 Å². The van der Waals surface area contributed by atoms with Gasteiger partial charge < -0.3 is 5.32 Å². The highest BCUT2D eigenvalue weighted by Crippen LogP contribution is 2.20. The molecule has 4 heteroatoms. The summed E-state index contributed by atoms with van der Waals surface area (Å²) >= 11 is 0. The third-order valence-corrected chi connectivity index (χ3v) is 7.05. The van der Waals surface area contributed by atoms with Gasteiger partial charge in [0.05, 0.1) is 19.6 Å². The maximum Gasteiger partial charge on any atom is 0.217 e. The third kappa shape index (κ3) is 13.4. The Balaban J connectivity index is 1.95. The van der Waals surface area contributed by atoms with Gasteiger partial charge in [-0.1, -0.05) is 83.3 Å². The molecular weight excluding hydrogens is 394 g/mol. The Kier molecular flexibility index (Phi) is 17.4. The van der Waals surface area contributed by atoms with E-state index in [1.54, 1.807) is 6.92 Å². The topological polar surface area (TPSA) is 41.5 Å². The minimum absolute atomic E-state index is 0.0715. The molecular formula is C28H54N3O+. The number of amides is 1. The van der Waals surface area contributed by atoms with Crippen LogP contribution in [0.25, 0.3) is 0 Å². The standard InChI is InChI=1S/C28H53N3O/c1-4-6-7-8-9-10-11-12-13-14-15-16-17-18-19-20-21-22-28-30-24-26-31(28,5-2)25-23-29-27(3)32/h9-10H,4-8,11-26H2,1-3H3/p+1/b10-9+. The average molecular weight is 449 g/mol. The van der Waals surface area contributed by atoms with Gasteiger partial charge in [-0.2, -0.15) is 0 Å². The third-order valence-electron chi connectivity index (χ3n) is 7.05. The van der Waals surface area contributed by atoms with Crippen molar-refractivity contribution in [3.05, 3.63) is 12.2 Å². The molecule has 186 valence electrons. The second kappa shape index (κ2) is 19.3. The fourth-order valence-electron chi connectivity index (χ4n) is 4.86. The molecule has 1 rings (SSSR count). The van der Waals surface area contributed by atoms with E-state index in [0.717, 1.165) is 43.6 Å². The van der Waals surface area contributed by atoms with Crippen LogP contribution in [0.5, 0.6) is 0 Å². The van der Waals surface area contributed by atoms with Gasteiger partial charge in [0.15, 0.2) is 5.84 Å². The molecule has 4 nitrogen and oxygen atoms in total. The number of amidine groups is 1. The van der Waals surface area contributed by atoms with E-state index in [-0.39, 0.29) is 5.91 Å². The van der Waals surface area contributed by atoms with Gasteiger partial charge in [0.2, 0.25) is 5.91 Å². The highest BCUT2D eigenvalue weighted by Gasteiger charge is 2.35. The Bertz CT molecular complexity index is 529. The van der Waals surface area contributed by atoms with Gasteiger partial charge in [-0.25, -0.2) is 4.99 Å². The lowest BCUT2D eigenvalue weighted by Crippen LogP contribution is -2.54. The number of unbranched alkanes of at least 4 members (excludes halogenated alkanes) is 13. The van der Waals surface area contributed by atoms with Gasteiger partial charge in [0.25, 0.3) is 0 Å². The van der Waals surface area contributed by atoms with Crippen molar-refractivity contribution in [3.8, 4) is 0 Å². The Hall–Kier alpha value is -1.16. The lowest BCUT2D eigenvalue weighted by molar-refractivity contribution is -0.833. The quantitative estimate of drug-likeness (QED) is 0.113. The molecule has 1 atom stereocenters. The van der Waals surface area contributed by atoms with Crippen LogP contribution in [-0.2, 0) is 4.79 Å². The van der Waals surface area contributed by atoms with Crippen molar-refractivity contribution in [3.63, 3.8) is 0 Å². The number of hydrogen-bond acceptors (Lipinski definition) is 2. The van der Waals surface area contributed by atoms with E-state index in [4.69, 9.17) is 4.99 Å². The summed E-state index contributed by atoms with van der Waals surface area (Å²) in [7, 11) is 0. The molecule has 0 saturated carbocycles. The number of carbonyl (C=O) groups is 1. The summed E-state index contributed by atoms with van der Waals surface area (Å²) in [6, 6.07) is 0. The number of likely N-dealkylation sites (N-methyl/N-ethyl adjacent to an activating group) is 1. The number of carbonyl (C=O) groups excluding carboxylic acids is 1. The molecule has 0 aromatic heterocycles. The van der Waals surface area contributed by atoms with Crippen LogP contribution in [0.2, 0.25) is 0 Å². The Morgan fingerprint density at radius 3 is 2.00 bits per heavy atom. The van der Waals surface area contributed by atoms with Crippen molar-refractivity contribution < 1.29 is 9.28 Å². The molecule has 0 aromatic rings. The molecule has 0 saturated heterocycles. The van der Waals surface area contributed by atoms with Gasteiger partial charge in [-0.3, -0.25) is 9.28 Å². The molecule has 0 aliphatic carbocycles. The lowest BCUT2D eigenvalue weighted by Gasteiger charge is -2.33. The highest BCUT2D eigenvalue weighted by atomic mass is 16.1. The van der Waals surface area contributed by atoms with E-state index >= 15 is 0 Å². The zero-order chi connectivity index (χ0) is 23.3. The van der Waals surface area contributed by atoms with E-state index in [9.17, 15) is 4.79 Å². The first-order chi connectivity index (χ1) is 15.6. The second-order valence-corrected chi connectivity index (χ2v) is 9.73. The van der Waals surface area contributed by atoms with Crippen molar-refractivity contribution in [2.45, 2.75) is 124 Å². The second-order valence-electron chi connectivity index (χ2n) is 9.73. The molecule has 0 bridgehead atoms. The number of hydrogen-bond donors (Lipinski definition) is 1. The molecule has 1 aliphatic rings. The summed E-state index contributed by atoms with van der Waals surface area (Å²) < 4.78 is 0.995. The molecule has 0 aromatic carbocycles. The van der Waals surface area contributed by atoms with E-state index in [1.807, 2.05) is 0 Å². The summed E-state index contributed by atoms with van der Waals surface area (Å²) in [6.07, 6.45) is 26.3. The summed E-state index contributed by atoms with van der Waals surface area (Å²) in [5.41, 5.74) is 0. The summed E-state index contributed by atoms with van der Waals surface area (Å²) in [6.45, 7) is 11.0. The Morgan fingerprint density at radius 2 is 1.44 bits per heavy atom. The van der Waals surface area contributed by atoms with E-state index in [1.165, 1.54) is 102 Å². The molecule has 1 aliphatic heterocycles. The largest absolute Gasteiger partial charge is 0.351 e. The first-order valence-corrected chi connectivity index (χ1v) is 13.9. The molecule has 1 heterocycles. The van der Waals surface area contributed by atoms with Gasteiger partial charge >= 0.3 is 0 Å². The van der Waals surface area contributed by atoms with E-state index in [2.05, 4.69) is 31.3 Å². The van der Waals surface area contributed by atoms with Gasteiger partial charge in [-0.05, 0) is 39.0 Å². The van der Waals surface area contributed by atoms with E-state index in [0.29, 0.717) is 0 Å². The summed E-state index contributed by atoms with van der Waals surface area (Å²) in [4.78, 5) is 16.0. The molecule has 1 unspecified atom stereocenters. The SMILES string of the molecule is CCCCC/C=C/CCCCCCCCCCCCC1=NCC[N+]1(CC)CCNC(C)=O. The van der Waals surface area contributed by atoms with E-state index < -0.39 is 0 Å². The number of quaternary nitrogens is 1. The van der Waals surface area contributed by atoms with Crippen LogP contribution in [0, 0.1) is 0 Å². The lowest BCUT2D eigenvalue weighted by atomic mass is 10.0. The molecule has 1 amide bonds. The number of nitrogens with one attached hydrogen (secondary N) is 1. The zero-order valence-electron chi connectivity index (χ0n) is 21.8. The molecule has 0 radical (unpaired) electrons. The van der Waals surface area contributed by atoms with Crippen LogP contribution in [0.15, 0.2) is 17.1 Å². The monoisotopic (exact) mass is 448 g/mol. The summed E-state index contributed by atoms with van der Waals surface area (Å²) in [5.74, 6) is 1.45. The Morgan fingerprint density at radius 1 is 0.875 bits per heavy atom. The number of nitrogens with zero attached hydrogens (tertiary/aromatic N) is 2. The van der Waals surface area contributed by atoms with Crippen molar-refractivity contribution in [2.75, 3.05) is 32.7 Å². The predicted octanol–water partition coefficient (Wildman–Crippen LogP) is 7.19. The minimum Gasteiger partial charge on any atom is -0.351 e. The average Bonchev–Trinajstić information content (AvgIpc) is 3.18. The maximum absolute atomic E-state index is 11.2. The molecule has 1 N–H and O–H groups in total. The fourth-order valence-corrected chi connectivity index (χ4v) is 4.86. The van der Waals surface area contributed by atoms with Gasteiger partial charge in [0, 0.05) is 13.3 Å². The molecule has 32 heavy (non-hydrogen) atoms. The maximum atomic E-state index is 11.2. The van der Waals surface area contributed by atoms with Crippen LogP contribution in [0.1, 0.15) is 124 Å².